The van der Waals surface area contributed by atoms with Crippen LogP contribution in [-0.2, 0) is 17.1 Å². The summed E-state index contributed by atoms with van der Waals surface area (Å²) in [5.41, 5.74) is -2.72. The first-order chi connectivity index (χ1) is 14.9. The first-order valence-electron chi connectivity index (χ1n) is 9.09. The fraction of sp³-hybridized carbons (Fsp3) is 0.263. The number of nitrogens with one attached hydrogen (secondary N) is 2. The van der Waals surface area contributed by atoms with Gasteiger partial charge in [-0.1, -0.05) is 0 Å². The van der Waals surface area contributed by atoms with E-state index in [0.29, 0.717) is 24.4 Å². The lowest BCUT2D eigenvalue weighted by molar-refractivity contribution is -0.143. The van der Waals surface area contributed by atoms with Gasteiger partial charge < -0.3 is 10.6 Å². The first kappa shape index (κ1) is 23.0. The second kappa shape index (κ2) is 8.85. The Hall–Kier alpha value is -3.64. The molecule has 1 atom stereocenters. The normalized spacial score (nSPS) is 15.4. The van der Waals surface area contributed by atoms with Crippen molar-refractivity contribution in [2.75, 3.05) is 6.54 Å². The summed E-state index contributed by atoms with van der Waals surface area (Å²) in [6, 6.07) is 0.705. The Morgan fingerprint density at radius 1 is 1.16 bits per heavy atom. The third-order valence-electron chi connectivity index (χ3n) is 4.27. The number of carbonyl (C=O) groups is 1. The van der Waals surface area contributed by atoms with Gasteiger partial charge in [0.25, 0.3) is 0 Å². The van der Waals surface area contributed by atoms with E-state index in [1.165, 1.54) is 0 Å². The Balaban J connectivity index is 1.77. The molecule has 0 spiro atoms. The molecule has 1 aromatic heterocycles. The van der Waals surface area contributed by atoms with Crippen molar-refractivity contribution in [2.24, 2.45) is 4.99 Å². The number of rotatable bonds is 5. The maximum Gasteiger partial charge on any atom is 0.416 e. The van der Waals surface area contributed by atoms with Gasteiger partial charge in [0.2, 0.25) is 5.91 Å². The van der Waals surface area contributed by atoms with Crippen molar-refractivity contribution < 1.29 is 31.1 Å². The molecule has 2 heterocycles. The van der Waals surface area contributed by atoms with Crippen molar-refractivity contribution in [2.45, 2.75) is 25.3 Å². The Labute approximate surface area is 177 Å². The van der Waals surface area contributed by atoms with Gasteiger partial charge in [-0.3, -0.25) is 9.79 Å². The lowest BCUT2D eigenvalue weighted by Crippen LogP contribution is -2.38. The van der Waals surface area contributed by atoms with Crippen molar-refractivity contribution in [3.8, 4) is 11.4 Å². The largest absolute Gasteiger partial charge is 0.416 e. The van der Waals surface area contributed by atoms with Crippen LogP contribution >= 0.6 is 0 Å². The highest BCUT2D eigenvalue weighted by Gasteiger charge is 2.37. The van der Waals surface area contributed by atoms with Crippen LogP contribution in [0.5, 0.6) is 0 Å². The first-order valence-corrected chi connectivity index (χ1v) is 9.09. The smallest absolute Gasteiger partial charge is 0.380 e. The van der Waals surface area contributed by atoms with Gasteiger partial charge >= 0.3 is 12.4 Å². The quantitative estimate of drug-likeness (QED) is 0.531. The molecule has 1 amide bonds. The minimum atomic E-state index is -4.98. The SMILES string of the molecule is CC(NC(=O)/C=C\n1cnc(-c2cc(C(F)(F)F)cc(C(F)(F)F)c2)n1)C1=CN=CCN1. The van der Waals surface area contributed by atoms with Gasteiger partial charge in [-0.05, 0) is 25.1 Å². The highest BCUT2D eigenvalue weighted by molar-refractivity contribution is 5.90. The number of aliphatic imine (C=N–C) groups is 1. The minimum Gasteiger partial charge on any atom is -0.380 e. The number of hydrogen-bond donors (Lipinski definition) is 2. The molecule has 0 saturated heterocycles. The van der Waals surface area contributed by atoms with Crippen LogP contribution in [-0.4, -0.2) is 39.5 Å². The molecule has 7 nitrogen and oxygen atoms in total. The second-order valence-electron chi connectivity index (χ2n) is 6.69. The van der Waals surface area contributed by atoms with Gasteiger partial charge in [0.1, 0.15) is 6.33 Å². The number of halogens is 6. The van der Waals surface area contributed by atoms with Crippen LogP contribution in [0.4, 0.5) is 26.3 Å². The summed E-state index contributed by atoms with van der Waals surface area (Å²) in [7, 11) is 0. The number of hydrogen-bond acceptors (Lipinski definition) is 5. The maximum atomic E-state index is 13.0. The van der Waals surface area contributed by atoms with Gasteiger partial charge in [0.15, 0.2) is 5.82 Å². The summed E-state index contributed by atoms with van der Waals surface area (Å²) >= 11 is 0. The van der Waals surface area contributed by atoms with Crippen LogP contribution in [0.15, 0.2) is 47.5 Å². The van der Waals surface area contributed by atoms with Crippen LogP contribution in [0.1, 0.15) is 18.1 Å². The van der Waals surface area contributed by atoms with Crippen molar-refractivity contribution in [3.63, 3.8) is 0 Å². The van der Waals surface area contributed by atoms with E-state index in [-0.39, 0.29) is 17.9 Å². The summed E-state index contributed by atoms with van der Waals surface area (Å²) in [5, 5.41) is 9.53. The third kappa shape index (κ3) is 5.74. The summed E-state index contributed by atoms with van der Waals surface area (Å²) in [6.45, 7) is 2.25. The van der Waals surface area contributed by atoms with Crippen molar-refractivity contribution >= 4 is 18.3 Å². The summed E-state index contributed by atoms with van der Waals surface area (Å²) in [6.07, 6.45) is -3.45. The standard InChI is InChI=1S/C19H16F6N6O/c1-11(15-9-26-3-4-27-15)29-16(32)2-5-31-10-28-17(30-31)12-6-13(18(20,21)22)8-14(7-12)19(23,24)25/h2-3,5-11,27H,4H2,1H3,(H,29,32)/b5-2-. The third-order valence-corrected chi connectivity index (χ3v) is 4.27. The number of benzene rings is 1. The highest BCUT2D eigenvalue weighted by Crippen LogP contribution is 2.38. The fourth-order valence-electron chi connectivity index (χ4n) is 2.71. The van der Waals surface area contributed by atoms with E-state index in [1.54, 1.807) is 19.3 Å². The van der Waals surface area contributed by atoms with Gasteiger partial charge in [-0.2, -0.15) is 26.3 Å². The maximum absolute atomic E-state index is 13.0. The topological polar surface area (TPSA) is 84.2 Å². The van der Waals surface area contributed by atoms with Gasteiger partial charge in [0.05, 0.1) is 29.4 Å². The monoisotopic (exact) mass is 458 g/mol. The van der Waals surface area contributed by atoms with E-state index in [4.69, 9.17) is 0 Å². The van der Waals surface area contributed by atoms with Crippen LogP contribution in [0.25, 0.3) is 17.6 Å². The minimum absolute atomic E-state index is 0.0217. The predicted octanol–water partition coefficient (Wildman–Crippen LogP) is 3.47. The Bertz CT molecular complexity index is 1050. The molecule has 1 aliphatic rings. The van der Waals surface area contributed by atoms with Crippen molar-refractivity contribution in [1.82, 2.24) is 25.4 Å². The second-order valence-corrected chi connectivity index (χ2v) is 6.69. The number of alkyl halides is 6. The molecule has 0 bridgehead atoms. The average Bonchev–Trinajstić information content (AvgIpc) is 3.20. The number of aromatic nitrogens is 3. The lowest BCUT2D eigenvalue weighted by atomic mass is 10.0. The Morgan fingerprint density at radius 2 is 1.81 bits per heavy atom. The van der Waals surface area contributed by atoms with Crippen molar-refractivity contribution in [1.29, 1.82) is 0 Å². The molecule has 1 aromatic carbocycles. The van der Waals surface area contributed by atoms with Crippen LogP contribution in [0, 0.1) is 0 Å². The molecular formula is C19H16F6N6O. The molecule has 2 N–H and O–H groups in total. The zero-order valence-electron chi connectivity index (χ0n) is 16.4. The van der Waals surface area contributed by atoms with Gasteiger partial charge in [0, 0.05) is 30.3 Å². The number of carbonyl (C=O) groups excluding carboxylic acids is 1. The van der Waals surface area contributed by atoms with E-state index in [0.717, 1.165) is 23.3 Å². The predicted molar refractivity (Wildman–Crippen MR) is 103 cm³/mol. The van der Waals surface area contributed by atoms with E-state index < -0.39 is 35.0 Å². The van der Waals surface area contributed by atoms with Crippen LogP contribution in [0.2, 0.25) is 0 Å². The van der Waals surface area contributed by atoms with E-state index >= 15 is 0 Å². The zero-order valence-corrected chi connectivity index (χ0v) is 16.4. The molecule has 13 heteroatoms. The fourth-order valence-corrected chi connectivity index (χ4v) is 2.71. The molecule has 32 heavy (non-hydrogen) atoms. The highest BCUT2D eigenvalue weighted by atomic mass is 19.4. The molecule has 170 valence electrons. The van der Waals surface area contributed by atoms with E-state index in [9.17, 15) is 31.1 Å². The molecule has 3 rings (SSSR count). The molecule has 0 fully saturated rings. The number of amides is 1. The van der Waals surface area contributed by atoms with Crippen LogP contribution < -0.4 is 10.6 Å². The molecule has 0 radical (unpaired) electrons. The zero-order chi connectivity index (χ0) is 23.5. The van der Waals surface area contributed by atoms with Gasteiger partial charge in [-0.15, -0.1) is 5.10 Å². The number of nitrogens with zero attached hydrogens (tertiary/aromatic N) is 4. The molecule has 1 aliphatic heterocycles. The Kier molecular flexibility index (Phi) is 6.37. The molecular weight excluding hydrogens is 442 g/mol. The lowest BCUT2D eigenvalue weighted by Gasteiger charge is -2.18. The summed E-state index contributed by atoms with van der Waals surface area (Å²) in [4.78, 5) is 19.8. The summed E-state index contributed by atoms with van der Waals surface area (Å²) < 4.78 is 79.1. The van der Waals surface area contributed by atoms with E-state index in [1.807, 2.05) is 0 Å². The molecule has 0 aliphatic carbocycles. The molecule has 1 unspecified atom stereocenters. The molecule has 0 saturated carbocycles. The average molecular weight is 458 g/mol. The van der Waals surface area contributed by atoms with Crippen molar-refractivity contribution in [3.05, 3.63) is 53.6 Å². The van der Waals surface area contributed by atoms with Gasteiger partial charge in [-0.25, -0.2) is 9.67 Å². The van der Waals surface area contributed by atoms with Crippen LogP contribution in [0.3, 0.4) is 0 Å². The summed E-state index contributed by atoms with van der Waals surface area (Å²) in [5.74, 6) is -0.875. The Morgan fingerprint density at radius 3 is 2.38 bits per heavy atom. The molecule has 2 aromatic rings. The van der Waals surface area contributed by atoms with E-state index in [2.05, 4.69) is 25.7 Å².